The van der Waals surface area contributed by atoms with E-state index in [0.29, 0.717) is 5.57 Å². The van der Waals surface area contributed by atoms with E-state index in [4.69, 9.17) is 40.2 Å². The average Bonchev–Trinajstić information content (AvgIpc) is 2.61. The molecule has 154 valence electrons. The molecule has 3 N–H and O–H groups in total. The lowest BCUT2D eigenvalue weighted by Gasteiger charge is -2.49. The number of carbonyl (C=O) groups excluding carboxylic acids is 3. The highest BCUT2D eigenvalue weighted by Crippen LogP contribution is 2.40. The largest absolute Gasteiger partial charge is 0.477 e. The molecule has 10 nitrogen and oxygen atoms in total. The highest BCUT2D eigenvalue weighted by molar-refractivity contribution is 8.00. The quantitative estimate of drug-likeness (QED) is 0.218. The number of nitrogens with zero attached hydrogens (tertiary/aromatic N) is 1. The maximum absolute atomic E-state index is 12.4. The third kappa shape index (κ3) is 5.40. The van der Waals surface area contributed by atoms with E-state index in [1.807, 2.05) is 0 Å². The second-order valence-corrected chi connectivity index (χ2v) is 8.30. The summed E-state index contributed by atoms with van der Waals surface area (Å²) in [5.74, 6) is -2.16. The Labute approximate surface area is 178 Å². The van der Waals surface area contributed by atoms with Gasteiger partial charge in [-0.1, -0.05) is 0 Å². The number of esters is 1. The smallest absolute Gasteiger partial charge is 0.413 e. The molecule has 0 bridgehead atoms. The van der Waals surface area contributed by atoms with Crippen LogP contribution in [0.3, 0.4) is 0 Å². The number of carboxylic acids is 1. The highest BCUT2D eigenvalue weighted by atomic mass is 35.5. The number of ether oxygens (including phenoxy) is 2. The van der Waals surface area contributed by atoms with Crippen LogP contribution in [-0.2, 0) is 23.9 Å². The van der Waals surface area contributed by atoms with Crippen LogP contribution in [0.15, 0.2) is 11.3 Å². The van der Waals surface area contributed by atoms with Gasteiger partial charge in [-0.15, -0.1) is 35.0 Å². The first-order valence-corrected chi connectivity index (χ1v) is 10.0. The minimum Gasteiger partial charge on any atom is -0.477 e. The molecule has 2 aliphatic rings. The normalized spacial score (nSPS) is 20.9. The van der Waals surface area contributed by atoms with E-state index in [1.165, 1.54) is 18.7 Å². The number of rotatable bonds is 6. The van der Waals surface area contributed by atoms with Gasteiger partial charge in [-0.25, -0.2) is 9.59 Å². The van der Waals surface area contributed by atoms with Gasteiger partial charge in [-0.3, -0.25) is 19.8 Å². The lowest BCUT2D eigenvalue weighted by Crippen LogP contribution is -2.71. The molecule has 0 spiro atoms. The Morgan fingerprint density at radius 3 is 2.64 bits per heavy atom. The lowest BCUT2D eigenvalue weighted by molar-refractivity contribution is -0.148. The van der Waals surface area contributed by atoms with Crippen LogP contribution in [0.5, 0.6) is 0 Å². The molecule has 0 radical (unpaired) electrons. The number of thiocarbonyl (C=S) groups is 1. The van der Waals surface area contributed by atoms with Crippen LogP contribution >= 0.6 is 47.2 Å². The van der Waals surface area contributed by atoms with E-state index in [-0.39, 0.29) is 29.8 Å². The number of hydrogen-bond acceptors (Lipinski definition) is 8. The van der Waals surface area contributed by atoms with Crippen molar-refractivity contribution in [3.05, 3.63) is 11.3 Å². The van der Waals surface area contributed by atoms with Crippen molar-refractivity contribution in [1.82, 2.24) is 15.5 Å². The predicted octanol–water partition coefficient (Wildman–Crippen LogP) is 0.576. The molecule has 2 rings (SSSR count). The lowest BCUT2D eigenvalue weighted by atomic mass is 10.0. The summed E-state index contributed by atoms with van der Waals surface area (Å²) in [6.45, 7) is 0.741. The van der Waals surface area contributed by atoms with E-state index < -0.39 is 40.2 Å². The van der Waals surface area contributed by atoms with Gasteiger partial charge in [0.2, 0.25) is 0 Å². The Morgan fingerprint density at radius 2 is 2.07 bits per heavy atom. The van der Waals surface area contributed by atoms with Gasteiger partial charge in [0.05, 0.1) is 0 Å². The summed E-state index contributed by atoms with van der Waals surface area (Å²) in [7, 11) is 0. The Hall–Kier alpha value is -1.76. The van der Waals surface area contributed by atoms with Gasteiger partial charge in [0, 0.05) is 18.2 Å². The first-order valence-electron chi connectivity index (χ1n) is 7.67. The van der Waals surface area contributed by atoms with E-state index in [1.54, 1.807) is 0 Å². The van der Waals surface area contributed by atoms with Gasteiger partial charge in [0.1, 0.15) is 35.2 Å². The van der Waals surface area contributed by atoms with Gasteiger partial charge in [-0.2, -0.15) is 0 Å². The summed E-state index contributed by atoms with van der Waals surface area (Å²) >= 11 is 17.1. The second-order valence-electron chi connectivity index (χ2n) is 5.51. The molecule has 2 atom stereocenters. The molecule has 0 aromatic rings. The number of fused-ring (bicyclic) bond motifs is 1. The standard InChI is InChI=1S/C14H15Cl2N3O7S2/c1-5(20)25-2-6-4-28-11-8(10(21)19(11)9(6)12(22)23)17-13(27)18-14(24)26-3-7(15)16/h7-8,11H,2-4H2,1H3,(H,22,23)(H2,17,18,24,27)/t8-,11-/m1/s1. The van der Waals surface area contributed by atoms with Crippen LogP contribution in [-0.4, -0.2) is 74.3 Å². The van der Waals surface area contributed by atoms with Gasteiger partial charge in [0.15, 0.2) is 5.11 Å². The number of alkyl carbamates (subject to hydrolysis) is 1. The number of hydrogen-bond donors (Lipinski definition) is 3. The fourth-order valence-electron chi connectivity index (χ4n) is 2.43. The molecule has 2 amide bonds. The summed E-state index contributed by atoms with van der Waals surface area (Å²) in [6.07, 6.45) is -0.904. The Kier molecular flexibility index (Phi) is 7.75. The van der Waals surface area contributed by atoms with Crippen LogP contribution < -0.4 is 10.6 Å². The maximum atomic E-state index is 12.4. The zero-order chi connectivity index (χ0) is 21.0. The van der Waals surface area contributed by atoms with Crippen molar-refractivity contribution < 1.29 is 33.8 Å². The highest BCUT2D eigenvalue weighted by Gasteiger charge is 2.54. The molecule has 1 saturated heterocycles. The summed E-state index contributed by atoms with van der Waals surface area (Å²) in [6, 6.07) is -0.837. The maximum Gasteiger partial charge on any atom is 0.413 e. The molecule has 0 unspecified atom stereocenters. The number of halogens is 2. The van der Waals surface area contributed by atoms with E-state index >= 15 is 0 Å². The number of carboxylic acid groups (broad SMARTS) is 1. The minimum absolute atomic E-state index is 0.171. The summed E-state index contributed by atoms with van der Waals surface area (Å²) in [4.78, 5) is 46.7. The molecular weight excluding hydrogens is 457 g/mol. The Morgan fingerprint density at radius 1 is 1.39 bits per heavy atom. The predicted molar refractivity (Wildman–Crippen MR) is 104 cm³/mol. The zero-order valence-electron chi connectivity index (χ0n) is 14.3. The molecule has 2 aliphatic heterocycles. The van der Waals surface area contributed by atoms with E-state index in [0.717, 1.165) is 4.90 Å². The van der Waals surface area contributed by atoms with Crippen molar-refractivity contribution in [3.8, 4) is 0 Å². The fourth-order valence-corrected chi connectivity index (χ4v) is 4.09. The first kappa shape index (κ1) is 22.5. The summed E-state index contributed by atoms with van der Waals surface area (Å²) in [5.41, 5.74) is 0.0957. The zero-order valence-corrected chi connectivity index (χ0v) is 17.4. The molecule has 0 aliphatic carbocycles. The molecule has 28 heavy (non-hydrogen) atoms. The molecule has 0 aromatic heterocycles. The number of amides is 2. The number of carbonyl (C=O) groups is 4. The molecular formula is C14H15Cl2N3O7S2. The van der Waals surface area contributed by atoms with Crippen LogP contribution in [0.2, 0.25) is 0 Å². The van der Waals surface area contributed by atoms with Crippen LogP contribution in [0.25, 0.3) is 0 Å². The van der Waals surface area contributed by atoms with Gasteiger partial charge in [0.25, 0.3) is 5.91 Å². The SMILES string of the molecule is CC(=O)OCC1=C(C(=O)O)N2C(=O)[C@@H](NC(=S)NC(=O)OCC(Cl)Cl)[C@H]2SC1. The van der Waals surface area contributed by atoms with Crippen molar-refractivity contribution in [3.63, 3.8) is 0 Å². The number of aliphatic carboxylic acids is 1. The third-order valence-electron chi connectivity index (χ3n) is 3.54. The number of β-lactam (4-membered cyclic amide) rings is 1. The van der Waals surface area contributed by atoms with Crippen molar-refractivity contribution in [2.75, 3.05) is 19.0 Å². The van der Waals surface area contributed by atoms with Crippen LogP contribution in [0.4, 0.5) is 4.79 Å². The Balaban J connectivity index is 1.99. The second kappa shape index (κ2) is 9.63. The van der Waals surface area contributed by atoms with Gasteiger partial charge >= 0.3 is 18.0 Å². The number of alkyl halides is 2. The molecule has 2 heterocycles. The summed E-state index contributed by atoms with van der Waals surface area (Å²) in [5, 5.41) is 13.6. The molecule has 0 aromatic carbocycles. The molecule has 1 fully saturated rings. The third-order valence-corrected chi connectivity index (χ3v) is 5.35. The van der Waals surface area contributed by atoms with Crippen molar-refractivity contribution in [2.24, 2.45) is 0 Å². The van der Waals surface area contributed by atoms with Crippen LogP contribution in [0, 0.1) is 0 Å². The minimum atomic E-state index is -1.31. The Bertz CT molecular complexity index is 746. The van der Waals surface area contributed by atoms with E-state index in [2.05, 4.69) is 15.4 Å². The van der Waals surface area contributed by atoms with Crippen molar-refractivity contribution in [1.29, 1.82) is 0 Å². The van der Waals surface area contributed by atoms with Gasteiger partial charge in [-0.05, 0) is 12.2 Å². The van der Waals surface area contributed by atoms with Crippen LogP contribution in [0.1, 0.15) is 6.92 Å². The molecule has 14 heteroatoms. The van der Waals surface area contributed by atoms with E-state index in [9.17, 15) is 24.3 Å². The average molecular weight is 472 g/mol. The summed E-state index contributed by atoms with van der Waals surface area (Å²) < 4.78 is 9.53. The van der Waals surface area contributed by atoms with Crippen molar-refractivity contribution >= 4 is 76.2 Å². The monoisotopic (exact) mass is 471 g/mol. The number of thioether (sulfide) groups is 1. The molecule has 0 saturated carbocycles. The topological polar surface area (TPSA) is 134 Å². The van der Waals surface area contributed by atoms with Crippen molar-refractivity contribution in [2.45, 2.75) is 23.2 Å². The first-order chi connectivity index (χ1) is 13.1. The van der Waals surface area contributed by atoms with Gasteiger partial charge < -0.3 is 19.9 Å². The number of nitrogens with one attached hydrogen (secondary N) is 2. The fraction of sp³-hybridized carbons (Fsp3) is 0.500.